The summed E-state index contributed by atoms with van der Waals surface area (Å²) in [4.78, 5) is 13.1. The van der Waals surface area contributed by atoms with Gasteiger partial charge in [-0.1, -0.05) is 6.92 Å². The third kappa shape index (κ3) is 2.47. The molecule has 0 saturated carbocycles. The number of hydrogen-bond donors (Lipinski definition) is 0. The van der Waals surface area contributed by atoms with Crippen molar-refractivity contribution in [3.8, 4) is 0 Å². The molecular formula is C14H20N2O2. The Morgan fingerprint density at radius 2 is 1.78 bits per heavy atom. The van der Waals surface area contributed by atoms with E-state index in [1.54, 1.807) is 6.07 Å². The molecule has 2 rings (SSSR count). The average Bonchev–Trinajstić information content (AvgIpc) is 2.33. The minimum atomic E-state index is -0.264. The fourth-order valence-corrected chi connectivity index (χ4v) is 2.43. The Hall–Kier alpha value is -1.58. The van der Waals surface area contributed by atoms with E-state index in [9.17, 15) is 10.1 Å². The molecule has 1 fully saturated rings. The molecule has 1 aliphatic rings. The molecule has 1 aromatic rings. The molecule has 1 aromatic carbocycles. The maximum atomic E-state index is 11.2. The Balaban J connectivity index is 2.36. The summed E-state index contributed by atoms with van der Waals surface area (Å²) in [5.74, 6) is 0.729. The van der Waals surface area contributed by atoms with Crippen LogP contribution in [-0.4, -0.2) is 18.0 Å². The van der Waals surface area contributed by atoms with Crippen molar-refractivity contribution in [1.29, 1.82) is 0 Å². The number of anilines is 1. The summed E-state index contributed by atoms with van der Waals surface area (Å²) in [5, 5.41) is 11.2. The Kier molecular flexibility index (Phi) is 3.55. The number of rotatable bonds is 2. The normalized spacial score (nSPS) is 16.9. The lowest BCUT2D eigenvalue weighted by Crippen LogP contribution is -2.33. The van der Waals surface area contributed by atoms with Crippen LogP contribution in [-0.2, 0) is 0 Å². The number of benzene rings is 1. The highest BCUT2D eigenvalue weighted by molar-refractivity contribution is 5.66. The van der Waals surface area contributed by atoms with E-state index in [0.29, 0.717) is 0 Å². The zero-order valence-corrected chi connectivity index (χ0v) is 11.3. The summed E-state index contributed by atoms with van der Waals surface area (Å²) in [6.07, 6.45) is 2.23. The van der Waals surface area contributed by atoms with Crippen LogP contribution < -0.4 is 4.90 Å². The SMILES string of the molecule is Cc1cc(N2CCC(C)CC2)c([N+](=O)[O-])cc1C. The largest absolute Gasteiger partial charge is 0.366 e. The van der Waals surface area contributed by atoms with Crippen molar-refractivity contribution in [2.75, 3.05) is 18.0 Å². The molecule has 1 heterocycles. The first-order valence-electron chi connectivity index (χ1n) is 6.49. The predicted molar refractivity (Wildman–Crippen MR) is 73.2 cm³/mol. The Bertz CT molecular complexity index is 463. The molecule has 0 spiro atoms. The molecule has 98 valence electrons. The number of aryl methyl sites for hydroxylation is 2. The topological polar surface area (TPSA) is 46.4 Å². The highest BCUT2D eigenvalue weighted by atomic mass is 16.6. The van der Waals surface area contributed by atoms with Gasteiger partial charge in [-0.3, -0.25) is 10.1 Å². The van der Waals surface area contributed by atoms with Gasteiger partial charge in [0.25, 0.3) is 5.69 Å². The van der Waals surface area contributed by atoms with Crippen LogP contribution in [0.25, 0.3) is 0 Å². The summed E-state index contributed by atoms with van der Waals surface area (Å²) < 4.78 is 0. The molecule has 0 unspecified atom stereocenters. The molecule has 0 bridgehead atoms. The van der Waals surface area contributed by atoms with Crippen LogP contribution in [0.15, 0.2) is 12.1 Å². The van der Waals surface area contributed by atoms with Crippen molar-refractivity contribution in [3.63, 3.8) is 0 Å². The zero-order chi connectivity index (χ0) is 13.3. The fraction of sp³-hybridized carbons (Fsp3) is 0.571. The summed E-state index contributed by atoms with van der Waals surface area (Å²) >= 11 is 0. The zero-order valence-electron chi connectivity index (χ0n) is 11.3. The van der Waals surface area contributed by atoms with Gasteiger partial charge in [0.1, 0.15) is 5.69 Å². The summed E-state index contributed by atoms with van der Waals surface area (Å²) in [6, 6.07) is 3.66. The Morgan fingerprint density at radius 3 is 2.33 bits per heavy atom. The average molecular weight is 248 g/mol. The van der Waals surface area contributed by atoms with Crippen molar-refractivity contribution in [3.05, 3.63) is 33.4 Å². The fourth-order valence-electron chi connectivity index (χ4n) is 2.43. The van der Waals surface area contributed by atoms with E-state index in [1.807, 2.05) is 19.9 Å². The van der Waals surface area contributed by atoms with Crippen LogP contribution in [0, 0.1) is 29.9 Å². The van der Waals surface area contributed by atoms with Gasteiger partial charge in [-0.2, -0.15) is 0 Å². The van der Waals surface area contributed by atoms with Crippen LogP contribution in [0.3, 0.4) is 0 Å². The monoisotopic (exact) mass is 248 g/mol. The summed E-state index contributed by atoms with van der Waals surface area (Å²) in [6.45, 7) is 8.01. The molecule has 0 radical (unpaired) electrons. The number of piperidine rings is 1. The lowest BCUT2D eigenvalue weighted by molar-refractivity contribution is -0.384. The van der Waals surface area contributed by atoms with Crippen LogP contribution in [0.5, 0.6) is 0 Å². The molecule has 0 N–H and O–H groups in total. The van der Waals surface area contributed by atoms with Gasteiger partial charge in [0.2, 0.25) is 0 Å². The third-order valence-electron chi connectivity index (χ3n) is 3.91. The van der Waals surface area contributed by atoms with Gasteiger partial charge in [0.15, 0.2) is 0 Å². The van der Waals surface area contributed by atoms with Gasteiger partial charge in [-0.25, -0.2) is 0 Å². The predicted octanol–water partition coefficient (Wildman–Crippen LogP) is 3.45. The van der Waals surface area contributed by atoms with Crippen molar-refractivity contribution in [2.24, 2.45) is 5.92 Å². The highest BCUT2D eigenvalue weighted by Gasteiger charge is 2.23. The third-order valence-corrected chi connectivity index (χ3v) is 3.91. The lowest BCUT2D eigenvalue weighted by atomic mass is 9.98. The molecule has 0 atom stereocenters. The summed E-state index contributed by atoms with van der Waals surface area (Å²) in [5.41, 5.74) is 3.13. The number of nitrogens with zero attached hydrogens (tertiary/aromatic N) is 2. The van der Waals surface area contributed by atoms with Gasteiger partial charge in [0.05, 0.1) is 4.92 Å². The molecule has 1 saturated heterocycles. The van der Waals surface area contributed by atoms with Gasteiger partial charge in [-0.15, -0.1) is 0 Å². The first-order valence-corrected chi connectivity index (χ1v) is 6.49. The van der Waals surface area contributed by atoms with Crippen LogP contribution >= 0.6 is 0 Å². The Labute approximate surface area is 108 Å². The number of hydrogen-bond acceptors (Lipinski definition) is 3. The van der Waals surface area contributed by atoms with Gasteiger partial charge < -0.3 is 4.90 Å². The first-order chi connectivity index (χ1) is 8.49. The minimum Gasteiger partial charge on any atom is -0.366 e. The smallest absolute Gasteiger partial charge is 0.292 e. The first kappa shape index (κ1) is 12.9. The number of nitro benzene ring substituents is 1. The molecule has 0 amide bonds. The van der Waals surface area contributed by atoms with Gasteiger partial charge >= 0.3 is 0 Å². The van der Waals surface area contributed by atoms with E-state index in [1.165, 1.54) is 0 Å². The Morgan fingerprint density at radius 1 is 1.22 bits per heavy atom. The molecule has 18 heavy (non-hydrogen) atoms. The second kappa shape index (κ2) is 4.96. The van der Waals surface area contributed by atoms with Gasteiger partial charge in [-0.05, 0) is 49.8 Å². The second-order valence-electron chi connectivity index (χ2n) is 5.35. The molecule has 0 aromatic heterocycles. The highest BCUT2D eigenvalue weighted by Crippen LogP contribution is 2.33. The van der Waals surface area contributed by atoms with Crippen LogP contribution in [0.4, 0.5) is 11.4 Å². The van der Waals surface area contributed by atoms with E-state index in [0.717, 1.165) is 48.7 Å². The van der Waals surface area contributed by atoms with E-state index in [4.69, 9.17) is 0 Å². The summed E-state index contributed by atoms with van der Waals surface area (Å²) in [7, 11) is 0. The van der Waals surface area contributed by atoms with Crippen molar-refractivity contribution in [2.45, 2.75) is 33.6 Å². The van der Waals surface area contributed by atoms with Crippen molar-refractivity contribution < 1.29 is 4.92 Å². The standard InChI is InChI=1S/C14H20N2O2/c1-10-4-6-15(7-5-10)13-8-11(2)12(3)9-14(13)16(17)18/h8-10H,4-7H2,1-3H3. The maximum absolute atomic E-state index is 11.2. The maximum Gasteiger partial charge on any atom is 0.292 e. The van der Waals surface area contributed by atoms with E-state index in [2.05, 4.69) is 11.8 Å². The van der Waals surface area contributed by atoms with Gasteiger partial charge in [0, 0.05) is 19.2 Å². The lowest BCUT2D eigenvalue weighted by Gasteiger charge is -2.32. The molecule has 4 nitrogen and oxygen atoms in total. The van der Waals surface area contributed by atoms with E-state index in [-0.39, 0.29) is 10.6 Å². The molecule has 4 heteroatoms. The molecule has 0 aliphatic carbocycles. The van der Waals surface area contributed by atoms with Crippen LogP contribution in [0.1, 0.15) is 30.9 Å². The quantitative estimate of drug-likeness (QED) is 0.595. The number of nitro groups is 1. The minimum absolute atomic E-state index is 0.243. The van der Waals surface area contributed by atoms with Crippen molar-refractivity contribution in [1.82, 2.24) is 0 Å². The molecular weight excluding hydrogens is 228 g/mol. The second-order valence-corrected chi connectivity index (χ2v) is 5.35. The van der Waals surface area contributed by atoms with E-state index >= 15 is 0 Å². The van der Waals surface area contributed by atoms with Crippen molar-refractivity contribution >= 4 is 11.4 Å². The molecule has 1 aliphatic heterocycles. The van der Waals surface area contributed by atoms with E-state index < -0.39 is 0 Å². The van der Waals surface area contributed by atoms with Crippen LogP contribution in [0.2, 0.25) is 0 Å².